The first kappa shape index (κ1) is 103. The Bertz CT molecular complexity index is 5630. The number of ether oxygens (including phenoxy) is 2. The van der Waals surface area contributed by atoms with Gasteiger partial charge in [0.05, 0.1) is 51.2 Å². The molecule has 4 aliphatic heterocycles. The van der Waals surface area contributed by atoms with Crippen molar-refractivity contribution in [2.45, 2.75) is 202 Å². The Morgan fingerprint density at radius 2 is 0.587 bits per heavy atom. The van der Waals surface area contributed by atoms with Crippen LogP contribution in [0.2, 0.25) is 0 Å². The van der Waals surface area contributed by atoms with Crippen molar-refractivity contribution < 1.29 is 63.5 Å². The highest BCUT2D eigenvalue weighted by molar-refractivity contribution is 5.98. The number of carbonyl (C=O) groups excluding carboxylic acids is 7. The van der Waals surface area contributed by atoms with Crippen LogP contribution >= 0.6 is 0 Å². The van der Waals surface area contributed by atoms with E-state index in [2.05, 4.69) is 279 Å². The van der Waals surface area contributed by atoms with E-state index in [9.17, 15) is 54.0 Å². The zero-order valence-corrected chi connectivity index (χ0v) is 82.2. The Balaban J connectivity index is 0.000000155. The lowest BCUT2D eigenvalue weighted by atomic mass is 9.86. The van der Waals surface area contributed by atoms with E-state index in [-0.39, 0.29) is 86.9 Å². The molecule has 21 nitrogen and oxygen atoms in total. The molecule has 4 fully saturated rings. The van der Waals surface area contributed by atoms with Crippen LogP contribution in [0.3, 0.4) is 0 Å². The van der Waals surface area contributed by atoms with Gasteiger partial charge in [-0.2, -0.15) is 0 Å². The van der Waals surface area contributed by atoms with E-state index >= 15 is 0 Å². The van der Waals surface area contributed by atoms with Crippen LogP contribution in [-0.4, -0.2) is 197 Å². The molecule has 0 saturated carbocycles. The van der Waals surface area contributed by atoms with Crippen LogP contribution in [0.5, 0.6) is 0 Å². The molecule has 0 bridgehead atoms. The molecule has 4 unspecified atom stereocenters. The molecule has 0 spiro atoms. The number of piperidine rings is 4. The van der Waals surface area contributed by atoms with Crippen LogP contribution in [0.4, 0.5) is 9.59 Å². The van der Waals surface area contributed by atoms with E-state index in [1.54, 1.807) is 27.7 Å². The molecule has 4 aliphatic carbocycles. The minimum absolute atomic E-state index is 0.00254. The predicted molar refractivity (Wildman–Crippen MR) is 553 cm³/mol. The van der Waals surface area contributed by atoms with Crippen molar-refractivity contribution in [3.8, 4) is 0 Å². The molecule has 4 atom stereocenters. The van der Waals surface area contributed by atoms with Gasteiger partial charge in [-0.1, -0.05) is 301 Å². The second kappa shape index (κ2) is 48.0. The van der Waals surface area contributed by atoms with E-state index in [0.717, 1.165) is 83.0 Å². The molecule has 8 aromatic rings. The Morgan fingerprint density at radius 1 is 0.326 bits per heavy atom. The maximum atomic E-state index is 13.0. The minimum atomic E-state index is -0.677. The highest BCUT2D eigenvalue weighted by Gasteiger charge is 2.34. The molecule has 4 heterocycles. The van der Waals surface area contributed by atoms with Crippen molar-refractivity contribution in [3.63, 3.8) is 0 Å². The quantitative estimate of drug-likeness (QED) is 0.0352. The average Bonchev–Trinajstić information content (AvgIpc) is 1.66. The predicted octanol–water partition coefficient (Wildman–Crippen LogP) is 19.4. The summed E-state index contributed by atoms with van der Waals surface area (Å²) in [6.07, 6.45) is 22.5. The number of nitrogens with one attached hydrogen (secondary N) is 4. The molecule has 138 heavy (non-hydrogen) atoms. The van der Waals surface area contributed by atoms with E-state index in [4.69, 9.17) is 9.47 Å². The summed E-state index contributed by atoms with van der Waals surface area (Å²) in [5.41, 5.74) is 30.7. The van der Waals surface area contributed by atoms with Gasteiger partial charge in [-0.25, -0.2) is 9.59 Å². The lowest BCUT2D eigenvalue weighted by molar-refractivity contribution is -0.133. The fraction of sp³-hybridized carbons (Fsp3) is 0.393. The largest absolute Gasteiger partial charge is 0.450 e. The number of benzene rings is 8. The second-order valence-corrected chi connectivity index (χ2v) is 39.9. The number of aryl methyl sites for hydroxylation is 2. The Morgan fingerprint density at radius 3 is 0.862 bits per heavy atom. The molecule has 8 aliphatic rings. The summed E-state index contributed by atoms with van der Waals surface area (Å²) in [4.78, 5) is 95.3. The minimum Gasteiger partial charge on any atom is -0.450 e. The third-order valence-electron chi connectivity index (χ3n) is 27.0. The Labute approximate surface area is 815 Å². The van der Waals surface area contributed by atoms with Gasteiger partial charge in [-0.05, 0) is 216 Å². The normalized spacial score (nSPS) is 16.3. The summed E-state index contributed by atoms with van der Waals surface area (Å²) >= 11 is 0. The molecule has 7 amide bonds. The number of amides is 7. The van der Waals surface area contributed by atoms with Crippen LogP contribution in [0, 0.1) is 10.8 Å². The average molecular weight is 1870 g/mol. The summed E-state index contributed by atoms with van der Waals surface area (Å²) in [5.74, 6) is 0.000549. The maximum absolute atomic E-state index is 13.0. The van der Waals surface area contributed by atoms with Gasteiger partial charge in [-0.15, -0.1) is 0 Å². The molecular formula is C117H140N8O13. The Kier molecular flexibility index (Phi) is 35.7. The van der Waals surface area contributed by atoms with Gasteiger partial charge in [0, 0.05) is 101 Å². The monoisotopic (exact) mass is 1870 g/mol. The third kappa shape index (κ3) is 27.0. The maximum Gasteiger partial charge on any atom is 0.407 e. The summed E-state index contributed by atoms with van der Waals surface area (Å²) in [5, 5.41) is 50.1. The summed E-state index contributed by atoms with van der Waals surface area (Å²) in [6, 6.07) is 66.6. The number of alkyl carbamates (subject to hydrolysis) is 2. The van der Waals surface area contributed by atoms with Gasteiger partial charge in [-0.3, -0.25) is 24.0 Å². The van der Waals surface area contributed by atoms with Gasteiger partial charge in [0.2, 0.25) is 29.5 Å². The number of hydrogen-bond acceptors (Lipinski definition) is 14. The van der Waals surface area contributed by atoms with Gasteiger partial charge < -0.3 is 70.8 Å². The van der Waals surface area contributed by atoms with Crippen molar-refractivity contribution in [2.75, 3.05) is 85.4 Å². The van der Waals surface area contributed by atoms with Crippen molar-refractivity contribution in [2.24, 2.45) is 10.8 Å². The van der Waals surface area contributed by atoms with E-state index in [1.165, 1.54) is 134 Å². The number of fused-ring (bicyclic) bond motifs is 8. The number of rotatable bonds is 20. The molecule has 0 radical (unpaired) electrons. The van der Waals surface area contributed by atoms with Crippen LogP contribution in [0.1, 0.15) is 248 Å². The summed E-state index contributed by atoms with van der Waals surface area (Å²) < 4.78 is 10.1. The standard InChI is InChI=1S/C31H40N2O2.C30H36N2O3.C29H34N2O4.C27H30N2O4/c1-22(31(2,3)4)32-26(21-34)15-16-29(35)33-19-17-25(18-20-33)30-27-11-7-5-9-23(27)13-14-24-10-6-8-12-28(24)30;1-30(2,3)29(35)31-24(20-33)14-15-27(34)32-18-16-23(17-19-32)28-25-10-6-4-8-21(25)12-13-22-9-5-7-11-26(22)28;1-29(2,3)35-28(34)30-23(19-32)18-26(33)31-16-14-22(15-17-31)27-24-10-6-4-8-20(24)12-13-21-9-5-7-11-25(21)27;1-2-33-27(32)28-22(18-30)17-25(31)29-15-13-21(14-16-29)26-23-9-5-3-7-19(23)11-12-20-8-4-6-10-24(20)26/h5-12,26,32,34H,1,13-21H2,2-4H3;4-13,24,33H,14-20H2,1-3H3,(H,31,35);4-13,23,32H,14-19H2,1-3H3,(H,30,34);3-12,22,30H,2,13-18H2,1H3,(H,28,32). The lowest BCUT2D eigenvalue weighted by Gasteiger charge is -2.32. The van der Waals surface area contributed by atoms with E-state index in [0.29, 0.717) is 65.0 Å². The lowest BCUT2D eigenvalue weighted by Crippen LogP contribution is -2.45. The first-order valence-corrected chi connectivity index (χ1v) is 49.3. The second-order valence-electron chi connectivity index (χ2n) is 39.9. The van der Waals surface area contributed by atoms with Crippen molar-refractivity contribution in [1.29, 1.82) is 0 Å². The fourth-order valence-electron chi connectivity index (χ4n) is 19.2. The number of likely N-dealkylation sites (tertiary alicyclic amines) is 4. The molecular weight excluding hydrogens is 1730 g/mol. The molecule has 16 rings (SSSR count). The topological polar surface area (TPSA) is 280 Å². The van der Waals surface area contributed by atoms with Crippen LogP contribution in [-0.2, 0) is 46.3 Å². The molecule has 21 heteroatoms. The third-order valence-corrected chi connectivity index (χ3v) is 27.0. The van der Waals surface area contributed by atoms with Crippen LogP contribution < -0.4 is 21.3 Å². The number of carbonyl (C=O) groups is 7. The first-order valence-electron chi connectivity index (χ1n) is 49.3. The van der Waals surface area contributed by atoms with Gasteiger partial charge >= 0.3 is 12.2 Å². The molecule has 8 N–H and O–H groups in total. The number of aliphatic hydroxyl groups excluding tert-OH is 4. The van der Waals surface area contributed by atoms with Crippen molar-refractivity contribution in [1.82, 2.24) is 40.9 Å². The summed E-state index contributed by atoms with van der Waals surface area (Å²) in [7, 11) is 0. The molecule has 4 saturated heterocycles. The summed E-state index contributed by atoms with van der Waals surface area (Å²) in [6.45, 7) is 27.7. The van der Waals surface area contributed by atoms with Crippen LogP contribution in [0.25, 0.3) is 58.7 Å². The highest BCUT2D eigenvalue weighted by atomic mass is 16.6. The molecule has 0 aromatic heterocycles. The number of aliphatic hydroxyl groups is 4. The van der Waals surface area contributed by atoms with Crippen molar-refractivity contribution in [3.05, 3.63) is 318 Å². The van der Waals surface area contributed by atoms with Crippen molar-refractivity contribution >= 4 is 100 Å². The highest BCUT2D eigenvalue weighted by Crippen LogP contribution is 2.45. The number of nitrogens with zero attached hydrogens (tertiary/aromatic N) is 4. The molecule has 726 valence electrons. The first-order chi connectivity index (χ1) is 66.4. The van der Waals surface area contributed by atoms with Gasteiger partial charge in [0.15, 0.2) is 0 Å². The van der Waals surface area contributed by atoms with E-state index in [1.807, 2.05) is 40.4 Å². The zero-order valence-electron chi connectivity index (χ0n) is 82.2. The van der Waals surface area contributed by atoms with Gasteiger partial charge in [0.1, 0.15) is 5.60 Å². The molecule has 8 aromatic carbocycles. The fourth-order valence-corrected chi connectivity index (χ4v) is 19.2. The van der Waals surface area contributed by atoms with Gasteiger partial charge in [0.25, 0.3) is 0 Å². The number of hydrogen-bond donors (Lipinski definition) is 8. The zero-order chi connectivity index (χ0) is 98.2. The Hall–Kier alpha value is -12.8. The van der Waals surface area contributed by atoms with E-state index < -0.39 is 41.3 Å². The SMILES string of the molecule is C=C(NC(CO)CCC(=O)N1CCC(=C2c3ccccc3CCc3ccccc32)CC1)C(C)(C)C.CC(C)(C)C(=O)NC(CO)CCC(=O)N1CCC(=C2c3ccccc3C=Cc3ccccc32)CC1.CC(C)(C)OC(=O)NC(CO)CC(=O)N1CCC(=C2c3ccccc3C=Cc3ccccc32)CC1.CCOC(=O)NC(CO)CC(=O)N1CCC(=C2c3ccccc3C=Cc3ccccc32)CC1. The number of allylic oxidation sites excluding steroid dienone is 1. The smallest absolute Gasteiger partial charge is 0.407 e. The van der Waals surface area contributed by atoms with Crippen LogP contribution in [0.15, 0.2) is 229 Å².